The van der Waals surface area contributed by atoms with E-state index in [0.717, 1.165) is 30.0 Å². The Kier molecular flexibility index (Phi) is 10.3. The number of nitrogens with one attached hydrogen (secondary N) is 3. The molecule has 0 radical (unpaired) electrons. The predicted molar refractivity (Wildman–Crippen MR) is 123 cm³/mol. The number of benzene rings is 2. The molecule has 0 spiro atoms. The van der Waals surface area contributed by atoms with Gasteiger partial charge in [-0.05, 0) is 49.2 Å². The van der Waals surface area contributed by atoms with Crippen LogP contribution in [0.2, 0.25) is 0 Å². The summed E-state index contributed by atoms with van der Waals surface area (Å²) in [4.78, 5) is 23.8. The van der Waals surface area contributed by atoms with Crippen molar-refractivity contribution < 1.29 is 14.3 Å². The van der Waals surface area contributed by atoms with Crippen LogP contribution in [0.4, 0.5) is 17.1 Å². The van der Waals surface area contributed by atoms with Crippen molar-refractivity contribution in [3.05, 3.63) is 48.5 Å². The molecule has 0 saturated carbocycles. The lowest BCUT2D eigenvalue weighted by atomic mass is 10.2. The molecule has 0 saturated heterocycles. The van der Waals surface area contributed by atoms with Gasteiger partial charge in [0.15, 0.2) is 0 Å². The molecule has 2 rings (SSSR count). The van der Waals surface area contributed by atoms with E-state index in [0.29, 0.717) is 18.7 Å². The van der Waals surface area contributed by atoms with Crippen molar-refractivity contribution in [3.8, 4) is 5.75 Å². The average Bonchev–Trinajstić information content (AvgIpc) is 2.74. The van der Waals surface area contributed by atoms with Crippen molar-refractivity contribution in [2.75, 3.05) is 29.1 Å². The quantitative estimate of drug-likeness (QED) is 0.384. The van der Waals surface area contributed by atoms with E-state index in [1.807, 2.05) is 31.2 Å². The summed E-state index contributed by atoms with van der Waals surface area (Å²) in [6.45, 7) is 5.01. The molecule has 162 valence electrons. The number of anilines is 3. The summed E-state index contributed by atoms with van der Waals surface area (Å²) in [5.74, 6) is 0.645. The summed E-state index contributed by atoms with van der Waals surface area (Å²) < 4.78 is 5.78. The van der Waals surface area contributed by atoms with Crippen LogP contribution in [0.1, 0.15) is 52.4 Å². The largest absolute Gasteiger partial charge is 0.494 e. The van der Waals surface area contributed by atoms with E-state index in [9.17, 15) is 9.59 Å². The molecule has 6 heteroatoms. The summed E-state index contributed by atoms with van der Waals surface area (Å²) in [7, 11) is 0. The minimum atomic E-state index is -0.149. The molecule has 30 heavy (non-hydrogen) atoms. The smallest absolute Gasteiger partial charge is 0.243 e. The molecule has 0 atom stereocenters. The van der Waals surface area contributed by atoms with Gasteiger partial charge < -0.3 is 20.7 Å². The second kappa shape index (κ2) is 13.2. The van der Waals surface area contributed by atoms with Crippen LogP contribution < -0.4 is 20.7 Å². The maximum atomic E-state index is 12.2. The number of hydrogen-bond acceptors (Lipinski definition) is 4. The molecule has 2 amide bonds. The number of rotatable bonds is 13. The monoisotopic (exact) mass is 411 g/mol. The number of unbranched alkanes of at least 4 members (excludes halogenated alkanes) is 3. The summed E-state index contributed by atoms with van der Waals surface area (Å²) >= 11 is 0. The van der Waals surface area contributed by atoms with Crippen molar-refractivity contribution >= 4 is 28.9 Å². The Morgan fingerprint density at radius 1 is 0.800 bits per heavy atom. The average molecular weight is 412 g/mol. The molecule has 3 N–H and O–H groups in total. The summed E-state index contributed by atoms with van der Waals surface area (Å²) in [6, 6.07) is 14.7. The fraction of sp³-hybridized carbons (Fsp3) is 0.417. The number of hydrogen-bond donors (Lipinski definition) is 3. The molecule has 0 fully saturated rings. The van der Waals surface area contributed by atoms with E-state index in [4.69, 9.17) is 4.74 Å². The number of amides is 2. The van der Waals surface area contributed by atoms with Crippen molar-refractivity contribution in [1.29, 1.82) is 0 Å². The van der Waals surface area contributed by atoms with E-state index >= 15 is 0 Å². The lowest BCUT2D eigenvalue weighted by Gasteiger charge is -2.11. The first kappa shape index (κ1) is 23.3. The van der Waals surface area contributed by atoms with Crippen LogP contribution in [0.5, 0.6) is 5.75 Å². The van der Waals surface area contributed by atoms with E-state index in [-0.39, 0.29) is 18.4 Å². The molecule has 0 aliphatic heterocycles. The summed E-state index contributed by atoms with van der Waals surface area (Å²) in [6.07, 6.45) is 5.98. The molecule has 0 unspecified atom stereocenters. The summed E-state index contributed by atoms with van der Waals surface area (Å²) in [5.41, 5.74) is 2.24. The number of ether oxygens (including phenoxy) is 1. The molecule has 0 bridgehead atoms. The van der Waals surface area contributed by atoms with E-state index in [1.54, 1.807) is 24.3 Å². The summed E-state index contributed by atoms with van der Waals surface area (Å²) in [5, 5.41) is 8.78. The van der Waals surface area contributed by atoms with Gasteiger partial charge in [0.2, 0.25) is 11.8 Å². The van der Waals surface area contributed by atoms with Gasteiger partial charge in [0, 0.05) is 29.5 Å². The molecule has 0 aliphatic rings. The second-order valence-corrected chi connectivity index (χ2v) is 7.21. The molecule has 2 aromatic carbocycles. The van der Waals surface area contributed by atoms with Crippen molar-refractivity contribution in [2.45, 2.75) is 52.4 Å². The van der Waals surface area contributed by atoms with Gasteiger partial charge in [0.25, 0.3) is 0 Å². The zero-order chi connectivity index (χ0) is 21.6. The molecule has 0 aromatic heterocycles. The first-order valence-electron chi connectivity index (χ1n) is 10.8. The Balaban J connectivity index is 1.75. The van der Waals surface area contributed by atoms with Gasteiger partial charge in [-0.1, -0.05) is 39.2 Å². The fourth-order valence-electron chi connectivity index (χ4n) is 2.89. The van der Waals surface area contributed by atoms with Crippen LogP contribution in [0.3, 0.4) is 0 Å². The van der Waals surface area contributed by atoms with Crippen LogP contribution >= 0.6 is 0 Å². The van der Waals surface area contributed by atoms with Crippen molar-refractivity contribution in [3.63, 3.8) is 0 Å². The van der Waals surface area contributed by atoms with Crippen LogP contribution in [-0.4, -0.2) is 25.0 Å². The Hall–Kier alpha value is -3.02. The zero-order valence-electron chi connectivity index (χ0n) is 18.0. The van der Waals surface area contributed by atoms with Gasteiger partial charge >= 0.3 is 0 Å². The first-order valence-corrected chi connectivity index (χ1v) is 10.8. The topological polar surface area (TPSA) is 79.5 Å². The highest BCUT2D eigenvalue weighted by molar-refractivity contribution is 5.94. The highest BCUT2D eigenvalue weighted by Gasteiger charge is 2.05. The van der Waals surface area contributed by atoms with Crippen LogP contribution in [0.25, 0.3) is 0 Å². The second-order valence-electron chi connectivity index (χ2n) is 7.21. The Morgan fingerprint density at radius 2 is 1.50 bits per heavy atom. The van der Waals surface area contributed by atoms with Gasteiger partial charge in [-0.3, -0.25) is 9.59 Å². The number of carbonyl (C=O) groups is 2. The van der Waals surface area contributed by atoms with E-state index in [2.05, 4.69) is 22.9 Å². The third-order valence-electron chi connectivity index (χ3n) is 4.48. The van der Waals surface area contributed by atoms with E-state index < -0.39 is 0 Å². The molecule has 6 nitrogen and oxygen atoms in total. The molecule has 0 aliphatic carbocycles. The highest BCUT2D eigenvalue weighted by atomic mass is 16.5. The minimum Gasteiger partial charge on any atom is -0.494 e. The SMILES string of the molecule is CCCCCCOc1cccc(NCC(=O)Nc2ccc(NC(=O)CCC)cc2)c1. The maximum Gasteiger partial charge on any atom is 0.243 e. The number of carbonyl (C=O) groups excluding carboxylic acids is 2. The van der Waals surface area contributed by atoms with Gasteiger partial charge in [-0.25, -0.2) is 0 Å². The Bertz CT molecular complexity index is 791. The molecule has 0 heterocycles. The molecular weight excluding hydrogens is 378 g/mol. The van der Waals surface area contributed by atoms with Gasteiger partial charge in [-0.2, -0.15) is 0 Å². The fourth-order valence-corrected chi connectivity index (χ4v) is 2.89. The van der Waals surface area contributed by atoms with Crippen LogP contribution in [0, 0.1) is 0 Å². The Morgan fingerprint density at radius 3 is 2.17 bits per heavy atom. The van der Waals surface area contributed by atoms with Gasteiger partial charge in [-0.15, -0.1) is 0 Å². The normalized spacial score (nSPS) is 10.3. The molecule has 2 aromatic rings. The third-order valence-corrected chi connectivity index (χ3v) is 4.48. The lowest BCUT2D eigenvalue weighted by Crippen LogP contribution is -2.21. The van der Waals surface area contributed by atoms with Gasteiger partial charge in [0.05, 0.1) is 13.2 Å². The van der Waals surface area contributed by atoms with Crippen LogP contribution in [0.15, 0.2) is 48.5 Å². The van der Waals surface area contributed by atoms with Crippen molar-refractivity contribution in [1.82, 2.24) is 0 Å². The lowest BCUT2D eigenvalue weighted by molar-refractivity contribution is -0.116. The van der Waals surface area contributed by atoms with Crippen molar-refractivity contribution in [2.24, 2.45) is 0 Å². The zero-order valence-corrected chi connectivity index (χ0v) is 18.0. The van der Waals surface area contributed by atoms with E-state index in [1.165, 1.54) is 19.3 Å². The van der Waals surface area contributed by atoms with Gasteiger partial charge in [0.1, 0.15) is 5.75 Å². The molecular formula is C24H33N3O3. The standard InChI is InChI=1S/C24H33N3O3/c1-3-5-6-7-16-30-22-11-8-10-21(17-22)25-18-24(29)27-20-14-12-19(13-15-20)26-23(28)9-4-2/h8,10-15,17,25H,3-7,9,16,18H2,1-2H3,(H,26,28)(H,27,29). The third kappa shape index (κ3) is 8.99. The minimum absolute atomic E-state index is 0.00865. The van der Waals surface area contributed by atoms with Crippen LogP contribution in [-0.2, 0) is 9.59 Å². The Labute approximate surface area is 179 Å². The first-order chi connectivity index (χ1) is 14.6. The maximum absolute atomic E-state index is 12.2. The highest BCUT2D eigenvalue weighted by Crippen LogP contribution is 2.18. The predicted octanol–water partition coefficient (Wildman–Crippen LogP) is 5.43.